The molecule has 0 amide bonds. The van der Waals surface area contributed by atoms with Gasteiger partial charge < -0.3 is 5.11 Å². The molecule has 1 nitrogen and oxygen atoms in total. The second kappa shape index (κ2) is 8.01. The average Bonchev–Trinajstić information content (AvgIpc) is 2.62. The van der Waals surface area contributed by atoms with Crippen LogP contribution in [0.15, 0.2) is 0 Å². The van der Waals surface area contributed by atoms with Crippen LogP contribution in [0.2, 0.25) is 0 Å². The van der Waals surface area contributed by atoms with Crippen LogP contribution in [0.1, 0.15) is 96.3 Å². The van der Waals surface area contributed by atoms with E-state index in [2.05, 4.69) is 15.9 Å². The lowest BCUT2D eigenvalue weighted by Crippen LogP contribution is -2.55. The third-order valence-corrected chi connectivity index (χ3v) is 8.50. The normalized spacial score (nSPS) is 28.6. The molecule has 0 aliphatic heterocycles. The van der Waals surface area contributed by atoms with E-state index in [9.17, 15) is 5.11 Å². The van der Waals surface area contributed by atoms with E-state index in [1.54, 1.807) is 0 Å². The molecule has 0 saturated heterocycles. The van der Waals surface area contributed by atoms with Crippen molar-refractivity contribution in [2.24, 2.45) is 17.8 Å². The monoisotopic (exact) mass is 370 g/mol. The fraction of sp³-hybridized carbons (Fsp3) is 1.00. The van der Waals surface area contributed by atoms with Crippen LogP contribution in [0.3, 0.4) is 0 Å². The lowest BCUT2D eigenvalue weighted by molar-refractivity contribution is -0.102. The van der Waals surface area contributed by atoms with Crippen molar-refractivity contribution in [2.45, 2.75) is 107 Å². The molecular weight excluding hydrogens is 336 g/mol. The van der Waals surface area contributed by atoms with Gasteiger partial charge in [0.05, 0.1) is 5.60 Å². The molecule has 3 aliphatic carbocycles. The Morgan fingerprint density at radius 1 is 0.636 bits per heavy atom. The quantitative estimate of drug-likeness (QED) is 0.582. The van der Waals surface area contributed by atoms with E-state index in [1.807, 2.05) is 0 Å². The molecule has 1 unspecified atom stereocenters. The van der Waals surface area contributed by atoms with Crippen molar-refractivity contribution in [3.8, 4) is 0 Å². The molecule has 3 fully saturated rings. The van der Waals surface area contributed by atoms with Crippen LogP contribution < -0.4 is 0 Å². The molecule has 1 N–H and O–H groups in total. The van der Waals surface area contributed by atoms with Gasteiger partial charge in [-0.05, 0) is 56.3 Å². The first-order valence-corrected chi connectivity index (χ1v) is 11.0. The highest BCUT2D eigenvalue weighted by Crippen LogP contribution is 2.50. The van der Waals surface area contributed by atoms with E-state index < -0.39 is 5.60 Å². The highest BCUT2D eigenvalue weighted by atomic mass is 79.9. The van der Waals surface area contributed by atoms with Crippen molar-refractivity contribution >= 4 is 15.9 Å². The third-order valence-electron chi connectivity index (χ3n) is 7.02. The number of rotatable bonds is 4. The number of hydrogen-bond donors (Lipinski definition) is 1. The summed E-state index contributed by atoms with van der Waals surface area (Å²) >= 11 is 4.08. The molecule has 0 spiro atoms. The number of alkyl halides is 1. The Morgan fingerprint density at radius 3 is 1.41 bits per heavy atom. The Hall–Kier alpha value is 0.440. The maximum atomic E-state index is 12.0. The Bertz CT molecular complexity index is 307. The van der Waals surface area contributed by atoms with Gasteiger partial charge in [-0.1, -0.05) is 73.7 Å². The van der Waals surface area contributed by atoms with Crippen molar-refractivity contribution in [1.82, 2.24) is 0 Å². The van der Waals surface area contributed by atoms with Crippen molar-refractivity contribution in [3.05, 3.63) is 0 Å². The van der Waals surface area contributed by atoms with Crippen LogP contribution >= 0.6 is 15.9 Å². The van der Waals surface area contributed by atoms with E-state index in [4.69, 9.17) is 0 Å². The van der Waals surface area contributed by atoms with Crippen LogP contribution in [-0.4, -0.2) is 15.5 Å². The van der Waals surface area contributed by atoms with Gasteiger partial charge in [0.1, 0.15) is 0 Å². The van der Waals surface area contributed by atoms with Gasteiger partial charge in [-0.2, -0.15) is 0 Å². The Kier molecular flexibility index (Phi) is 6.29. The second-order valence-electron chi connectivity index (χ2n) is 8.36. The molecule has 0 bridgehead atoms. The maximum absolute atomic E-state index is 12.0. The molecule has 128 valence electrons. The van der Waals surface area contributed by atoms with Crippen LogP contribution in [0.5, 0.6) is 0 Å². The zero-order valence-corrected chi connectivity index (χ0v) is 15.8. The molecular formula is C20H35BrO. The fourth-order valence-corrected chi connectivity index (χ4v) is 6.99. The smallest absolute Gasteiger partial charge is 0.0830 e. The predicted molar refractivity (Wildman–Crippen MR) is 97.4 cm³/mol. The zero-order valence-electron chi connectivity index (χ0n) is 14.2. The average molecular weight is 371 g/mol. The van der Waals surface area contributed by atoms with Gasteiger partial charge in [-0.15, -0.1) is 0 Å². The van der Waals surface area contributed by atoms with Gasteiger partial charge in [0.2, 0.25) is 0 Å². The summed E-state index contributed by atoms with van der Waals surface area (Å²) in [7, 11) is 0. The molecule has 0 aromatic carbocycles. The highest BCUT2D eigenvalue weighted by Gasteiger charge is 2.50. The lowest BCUT2D eigenvalue weighted by Gasteiger charge is -2.50. The SMILES string of the molecule is OC(C1CCCCC1)(C1CCCCC1)C(Br)C1CCCCC1. The second-order valence-corrected chi connectivity index (χ2v) is 9.34. The summed E-state index contributed by atoms with van der Waals surface area (Å²) in [5.41, 5.74) is -0.428. The first-order chi connectivity index (χ1) is 10.7. The van der Waals surface area contributed by atoms with Crippen molar-refractivity contribution in [3.63, 3.8) is 0 Å². The topological polar surface area (TPSA) is 20.2 Å². The lowest BCUT2D eigenvalue weighted by atomic mass is 9.62. The summed E-state index contributed by atoms with van der Waals surface area (Å²) in [6.45, 7) is 0. The molecule has 2 heteroatoms. The molecule has 0 aromatic heterocycles. The van der Waals surface area contributed by atoms with Gasteiger partial charge in [-0.3, -0.25) is 0 Å². The van der Waals surface area contributed by atoms with Gasteiger partial charge in [0.15, 0.2) is 0 Å². The molecule has 0 heterocycles. The Morgan fingerprint density at radius 2 is 1.00 bits per heavy atom. The maximum Gasteiger partial charge on any atom is 0.0830 e. The van der Waals surface area contributed by atoms with Crippen molar-refractivity contribution < 1.29 is 5.11 Å². The summed E-state index contributed by atoms with van der Waals surface area (Å²) in [6.07, 6.45) is 20.0. The Balaban J connectivity index is 1.79. The summed E-state index contributed by atoms with van der Waals surface area (Å²) in [5.74, 6) is 1.81. The van der Waals surface area contributed by atoms with Crippen molar-refractivity contribution in [1.29, 1.82) is 0 Å². The minimum absolute atomic E-state index is 0.339. The van der Waals surface area contributed by atoms with Gasteiger partial charge in [-0.25, -0.2) is 0 Å². The fourth-order valence-electron chi connectivity index (χ4n) is 5.72. The molecule has 0 radical (unpaired) electrons. The minimum Gasteiger partial charge on any atom is -0.388 e. The largest absolute Gasteiger partial charge is 0.388 e. The zero-order chi connectivity index (χ0) is 15.4. The van der Waals surface area contributed by atoms with Crippen LogP contribution in [0, 0.1) is 17.8 Å². The van der Waals surface area contributed by atoms with Crippen molar-refractivity contribution in [2.75, 3.05) is 0 Å². The first-order valence-electron chi connectivity index (χ1n) is 10.1. The van der Waals surface area contributed by atoms with Gasteiger partial charge in [0, 0.05) is 4.83 Å². The highest BCUT2D eigenvalue weighted by molar-refractivity contribution is 9.09. The summed E-state index contributed by atoms with van der Waals surface area (Å²) in [6, 6.07) is 0. The van der Waals surface area contributed by atoms with E-state index in [0.29, 0.717) is 22.6 Å². The molecule has 1 atom stereocenters. The molecule has 3 aliphatic rings. The Labute approximate surface area is 145 Å². The first kappa shape index (κ1) is 17.3. The van der Waals surface area contributed by atoms with E-state index >= 15 is 0 Å². The molecule has 22 heavy (non-hydrogen) atoms. The standard InChI is InChI=1S/C20H35BrO/c21-19(16-10-4-1-5-11-16)20(22,17-12-6-2-7-13-17)18-14-8-3-9-15-18/h16-19,22H,1-15H2. The van der Waals surface area contributed by atoms with Gasteiger partial charge in [0.25, 0.3) is 0 Å². The summed E-state index contributed by atoms with van der Waals surface area (Å²) in [4.78, 5) is 0.339. The molecule has 0 aromatic rings. The molecule has 3 rings (SSSR count). The van der Waals surface area contributed by atoms with E-state index in [0.717, 1.165) is 0 Å². The molecule has 3 saturated carbocycles. The minimum atomic E-state index is -0.428. The summed E-state index contributed by atoms with van der Waals surface area (Å²) in [5, 5.41) is 12.0. The van der Waals surface area contributed by atoms with Crippen LogP contribution in [-0.2, 0) is 0 Å². The van der Waals surface area contributed by atoms with Crippen LogP contribution in [0.4, 0.5) is 0 Å². The number of aliphatic hydroxyl groups is 1. The predicted octanol–water partition coefficient (Wildman–Crippen LogP) is 6.22. The summed E-state index contributed by atoms with van der Waals surface area (Å²) < 4.78 is 0. The van der Waals surface area contributed by atoms with Crippen LogP contribution in [0.25, 0.3) is 0 Å². The van der Waals surface area contributed by atoms with Gasteiger partial charge >= 0.3 is 0 Å². The number of hydrogen-bond acceptors (Lipinski definition) is 1. The number of halogens is 1. The third kappa shape index (κ3) is 3.58. The van der Waals surface area contributed by atoms with E-state index in [1.165, 1.54) is 96.3 Å². The van der Waals surface area contributed by atoms with E-state index in [-0.39, 0.29) is 0 Å².